The van der Waals surface area contributed by atoms with Crippen molar-refractivity contribution in [2.24, 2.45) is 0 Å². The molecule has 4 heteroatoms. The van der Waals surface area contributed by atoms with Crippen molar-refractivity contribution in [1.82, 2.24) is 4.90 Å². The number of halogens is 3. The van der Waals surface area contributed by atoms with Crippen molar-refractivity contribution in [3.05, 3.63) is 34.1 Å². The summed E-state index contributed by atoms with van der Waals surface area (Å²) in [5, 5.41) is 0.164. The average molecular weight is 309 g/mol. The standard InChI is InChI=1S/C12H16BrClFN/c1-9(14)5-6-16(2)8-10-3-4-11(13)7-12(10)15/h3-4,7,9H,5-6,8H2,1-2H3. The Bertz CT molecular complexity index is 344. The molecule has 1 atom stereocenters. The minimum Gasteiger partial charge on any atom is -0.302 e. The fourth-order valence-corrected chi connectivity index (χ4v) is 1.85. The quantitative estimate of drug-likeness (QED) is 0.742. The zero-order valence-corrected chi connectivity index (χ0v) is 11.9. The molecule has 0 N–H and O–H groups in total. The third kappa shape index (κ3) is 4.81. The highest BCUT2D eigenvalue weighted by atomic mass is 79.9. The molecule has 0 bridgehead atoms. The van der Waals surface area contributed by atoms with E-state index in [2.05, 4.69) is 20.8 Å². The molecule has 1 unspecified atom stereocenters. The molecule has 1 aromatic carbocycles. The Hall–Kier alpha value is -0.120. The van der Waals surface area contributed by atoms with Gasteiger partial charge < -0.3 is 4.90 Å². The smallest absolute Gasteiger partial charge is 0.128 e. The molecule has 0 radical (unpaired) electrons. The van der Waals surface area contributed by atoms with E-state index in [4.69, 9.17) is 11.6 Å². The third-order valence-electron chi connectivity index (χ3n) is 2.36. The van der Waals surface area contributed by atoms with Crippen molar-refractivity contribution in [3.8, 4) is 0 Å². The van der Waals surface area contributed by atoms with Gasteiger partial charge in [0, 0.05) is 22.0 Å². The highest BCUT2D eigenvalue weighted by molar-refractivity contribution is 9.10. The van der Waals surface area contributed by atoms with E-state index in [-0.39, 0.29) is 11.2 Å². The summed E-state index contributed by atoms with van der Waals surface area (Å²) in [6.07, 6.45) is 0.913. The summed E-state index contributed by atoms with van der Waals surface area (Å²) in [5.41, 5.74) is 0.716. The van der Waals surface area contributed by atoms with Crippen LogP contribution in [0.4, 0.5) is 4.39 Å². The summed E-state index contributed by atoms with van der Waals surface area (Å²) in [7, 11) is 1.97. The summed E-state index contributed by atoms with van der Waals surface area (Å²) in [4.78, 5) is 2.07. The van der Waals surface area contributed by atoms with Gasteiger partial charge in [-0.15, -0.1) is 11.6 Å². The van der Waals surface area contributed by atoms with Crippen LogP contribution in [0.15, 0.2) is 22.7 Å². The van der Waals surface area contributed by atoms with Gasteiger partial charge in [-0.25, -0.2) is 4.39 Å². The fourth-order valence-electron chi connectivity index (χ4n) is 1.42. The lowest BCUT2D eigenvalue weighted by Crippen LogP contribution is -2.21. The lowest BCUT2D eigenvalue weighted by Gasteiger charge is -2.17. The highest BCUT2D eigenvalue weighted by Gasteiger charge is 2.07. The number of hydrogen-bond donors (Lipinski definition) is 0. The molecule has 1 nitrogen and oxygen atoms in total. The second-order valence-electron chi connectivity index (χ2n) is 4.04. The molecule has 0 saturated heterocycles. The van der Waals surface area contributed by atoms with E-state index < -0.39 is 0 Å². The van der Waals surface area contributed by atoms with Gasteiger partial charge in [-0.3, -0.25) is 0 Å². The maximum atomic E-state index is 13.5. The van der Waals surface area contributed by atoms with Crippen LogP contribution in [0.1, 0.15) is 18.9 Å². The van der Waals surface area contributed by atoms with Crippen molar-refractivity contribution in [3.63, 3.8) is 0 Å². The number of benzene rings is 1. The molecule has 1 rings (SSSR count). The Kier molecular flexibility index (Phi) is 5.73. The molecule has 0 amide bonds. The second-order valence-corrected chi connectivity index (χ2v) is 5.70. The molecule has 0 aliphatic carbocycles. The molecule has 0 aliphatic rings. The highest BCUT2D eigenvalue weighted by Crippen LogP contribution is 2.16. The predicted octanol–water partition coefficient (Wildman–Crippen LogP) is 4.04. The van der Waals surface area contributed by atoms with Crippen molar-refractivity contribution >= 4 is 27.5 Å². The molecular formula is C12H16BrClFN. The third-order valence-corrected chi connectivity index (χ3v) is 3.08. The van der Waals surface area contributed by atoms with E-state index in [0.29, 0.717) is 12.1 Å². The van der Waals surface area contributed by atoms with Gasteiger partial charge in [0.2, 0.25) is 0 Å². The van der Waals surface area contributed by atoms with Crippen LogP contribution in [0.25, 0.3) is 0 Å². The van der Waals surface area contributed by atoms with Gasteiger partial charge in [-0.05, 0) is 39.1 Å². The first-order chi connectivity index (χ1) is 7.49. The van der Waals surface area contributed by atoms with Crippen LogP contribution in [-0.2, 0) is 6.54 Å². The molecular weight excluding hydrogens is 292 g/mol. The summed E-state index contributed by atoms with van der Waals surface area (Å²) in [5.74, 6) is -0.167. The average Bonchev–Trinajstić information content (AvgIpc) is 2.19. The molecule has 0 aliphatic heterocycles. The minimum atomic E-state index is -0.167. The van der Waals surface area contributed by atoms with Crippen LogP contribution < -0.4 is 0 Å². The first kappa shape index (κ1) is 13.9. The van der Waals surface area contributed by atoms with E-state index in [1.165, 1.54) is 6.07 Å². The van der Waals surface area contributed by atoms with Gasteiger partial charge in [0.15, 0.2) is 0 Å². The Labute approximate surface area is 110 Å². The second kappa shape index (κ2) is 6.58. The van der Waals surface area contributed by atoms with Gasteiger partial charge >= 0.3 is 0 Å². The Morgan fingerprint density at radius 2 is 2.19 bits per heavy atom. The number of hydrogen-bond acceptors (Lipinski definition) is 1. The fraction of sp³-hybridized carbons (Fsp3) is 0.500. The molecule has 90 valence electrons. The topological polar surface area (TPSA) is 3.24 Å². The number of rotatable bonds is 5. The Morgan fingerprint density at radius 3 is 2.75 bits per heavy atom. The molecule has 1 aromatic rings. The maximum absolute atomic E-state index is 13.5. The van der Waals surface area contributed by atoms with Crippen molar-refractivity contribution in [2.45, 2.75) is 25.3 Å². The Balaban J connectivity index is 2.52. The van der Waals surface area contributed by atoms with Gasteiger partial charge in [0.25, 0.3) is 0 Å². The molecule has 0 aromatic heterocycles. The number of alkyl halides is 1. The van der Waals surface area contributed by atoms with Gasteiger partial charge in [0.1, 0.15) is 5.82 Å². The van der Waals surface area contributed by atoms with E-state index >= 15 is 0 Å². The van der Waals surface area contributed by atoms with Crippen LogP contribution in [0, 0.1) is 5.82 Å². The van der Waals surface area contributed by atoms with Crippen LogP contribution in [0.2, 0.25) is 0 Å². The van der Waals surface area contributed by atoms with Gasteiger partial charge in [-0.2, -0.15) is 0 Å². The monoisotopic (exact) mass is 307 g/mol. The summed E-state index contributed by atoms with van der Waals surface area (Å²) in [6.45, 7) is 3.46. The van der Waals surface area contributed by atoms with Crippen LogP contribution in [-0.4, -0.2) is 23.9 Å². The largest absolute Gasteiger partial charge is 0.302 e. The predicted molar refractivity (Wildman–Crippen MR) is 70.4 cm³/mol. The van der Waals surface area contributed by atoms with Gasteiger partial charge in [0.05, 0.1) is 0 Å². The summed E-state index contributed by atoms with van der Waals surface area (Å²) < 4.78 is 14.3. The van der Waals surface area contributed by atoms with Crippen molar-refractivity contribution in [1.29, 1.82) is 0 Å². The summed E-state index contributed by atoms with van der Waals surface area (Å²) in [6, 6.07) is 5.16. The first-order valence-electron chi connectivity index (χ1n) is 5.25. The lowest BCUT2D eigenvalue weighted by molar-refractivity contribution is 0.316. The minimum absolute atomic E-state index is 0.164. The van der Waals surface area contributed by atoms with Crippen molar-refractivity contribution < 1.29 is 4.39 Å². The zero-order valence-electron chi connectivity index (χ0n) is 9.51. The molecule has 0 fully saturated rings. The van der Waals surface area contributed by atoms with Crippen LogP contribution in [0.5, 0.6) is 0 Å². The first-order valence-corrected chi connectivity index (χ1v) is 6.48. The zero-order chi connectivity index (χ0) is 12.1. The van der Waals surface area contributed by atoms with Gasteiger partial charge in [-0.1, -0.05) is 22.0 Å². The van der Waals surface area contributed by atoms with E-state index in [0.717, 1.165) is 17.4 Å². The van der Waals surface area contributed by atoms with Crippen LogP contribution >= 0.6 is 27.5 Å². The van der Waals surface area contributed by atoms with E-state index in [1.807, 2.05) is 20.0 Å². The van der Waals surface area contributed by atoms with Crippen LogP contribution in [0.3, 0.4) is 0 Å². The molecule has 0 saturated carbocycles. The Morgan fingerprint density at radius 1 is 1.50 bits per heavy atom. The maximum Gasteiger partial charge on any atom is 0.128 e. The molecule has 16 heavy (non-hydrogen) atoms. The lowest BCUT2D eigenvalue weighted by atomic mass is 10.2. The summed E-state index contributed by atoms with van der Waals surface area (Å²) >= 11 is 9.11. The van der Waals surface area contributed by atoms with E-state index in [1.54, 1.807) is 6.07 Å². The SMILES string of the molecule is CC(Cl)CCN(C)Cc1ccc(Br)cc1F. The molecule has 0 spiro atoms. The van der Waals surface area contributed by atoms with E-state index in [9.17, 15) is 4.39 Å². The van der Waals surface area contributed by atoms with Crippen molar-refractivity contribution in [2.75, 3.05) is 13.6 Å². The molecule has 0 heterocycles. The normalized spacial score (nSPS) is 13.1. The number of nitrogens with zero attached hydrogens (tertiary/aromatic N) is 1.